The maximum absolute atomic E-state index is 12.6. The van der Waals surface area contributed by atoms with Crippen molar-refractivity contribution in [1.29, 1.82) is 0 Å². The number of hydrogen-bond donors (Lipinski definition) is 0. The quantitative estimate of drug-likeness (QED) is 0.872. The summed E-state index contributed by atoms with van der Waals surface area (Å²) in [6, 6.07) is 18.6. The van der Waals surface area contributed by atoms with Crippen molar-refractivity contribution in [1.82, 2.24) is 4.31 Å². The van der Waals surface area contributed by atoms with Crippen LogP contribution in [0.25, 0.3) is 0 Å². The lowest BCUT2D eigenvalue weighted by Crippen LogP contribution is -2.36. The molecule has 2 atom stereocenters. The smallest absolute Gasteiger partial charge is 0.422 e. The van der Waals surface area contributed by atoms with E-state index >= 15 is 0 Å². The van der Waals surface area contributed by atoms with Crippen molar-refractivity contribution in [2.75, 3.05) is 6.61 Å². The van der Waals surface area contributed by atoms with E-state index in [4.69, 9.17) is 4.74 Å². The van der Waals surface area contributed by atoms with Gasteiger partial charge in [-0.3, -0.25) is 0 Å². The molecule has 1 aliphatic rings. The number of ether oxygens (including phenoxy) is 1. The Hall–Kier alpha value is -2.14. The first kappa shape index (κ1) is 13.8. The number of carbonyl (C=O) groups is 1. The van der Waals surface area contributed by atoms with Crippen LogP contribution in [0.4, 0.5) is 4.79 Å². The van der Waals surface area contributed by atoms with E-state index in [0.29, 0.717) is 11.3 Å². The van der Waals surface area contributed by atoms with Crippen LogP contribution in [0.3, 0.4) is 0 Å². The zero-order valence-electron chi connectivity index (χ0n) is 11.3. The monoisotopic (exact) mass is 301 g/mol. The third kappa shape index (κ3) is 2.97. The van der Waals surface area contributed by atoms with Gasteiger partial charge in [0, 0.05) is 0 Å². The number of hydrogen-bond acceptors (Lipinski definition) is 3. The van der Waals surface area contributed by atoms with Crippen LogP contribution in [0.1, 0.15) is 5.56 Å². The van der Waals surface area contributed by atoms with Crippen LogP contribution >= 0.6 is 0 Å². The maximum atomic E-state index is 12.6. The van der Waals surface area contributed by atoms with Gasteiger partial charge in [-0.1, -0.05) is 48.5 Å². The standard InChI is InChI=1S/C16H15NO3S/c18-16-17(21(19)15-9-5-2-6-10-15)14(12-20-16)11-13-7-3-1-4-8-13/h1-10,14H,11-12H2/t14-,21?/m0/s1. The summed E-state index contributed by atoms with van der Waals surface area (Å²) in [7, 11) is -1.53. The van der Waals surface area contributed by atoms with Crippen LogP contribution in [0.5, 0.6) is 0 Å². The molecule has 0 radical (unpaired) electrons. The summed E-state index contributed by atoms with van der Waals surface area (Å²) in [4.78, 5) is 12.5. The van der Waals surface area contributed by atoms with Crippen LogP contribution in [0, 0.1) is 0 Å². The van der Waals surface area contributed by atoms with E-state index in [2.05, 4.69) is 0 Å². The fourth-order valence-corrected chi connectivity index (χ4v) is 3.54. The van der Waals surface area contributed by atoms with Gasteiger partial charge in [-0.15, -0.1) is 0 Å². The van der Waals surface area contributed by atoms with E-state index in [-0.39, 0.29) is 12.6 Å². The number of amides is 1. The Labute approximate surface area is 125 Å². The van der Waals surface area contributed by atoms with Gasteiger partial charge < -0.3 is 4.74 Å². The average molecular weight is 301 g/mol. The topological polar surface area (TPSA) is 46.6 Å². The Morgan fingerprint density at radius 1 is 1.05 bits per heavy atom. The molecule has 0 bridgehead atoms. The molecule has 1 unspecified atom stereocenters. The number of cyclic esters (lactones) is 1. The summed E-state index contributed by atoms with van der Waals surface area (Å²) < 4.78 is 19.0. The highest BCUT2D eigenvalue weighted by Crippen LogP contribution is 2.22. The molecule has 2 aromatic rings. The van der Waals surface area contributed by atoms with Crippen LogP contribution in [0.2, 0.25) is 0 Å². The molecular weight excluding hydrogens is 286 g/mol. The second-order valence-electron chi connectivity index (χ2n) is 4.81. The molecule has 0 saturated carbocycles. The third-order valence-corrected chi connectivity index (χ3v) is 4.83. The van der Waals surface area contributed by atoms with Gasteiger partial charge in [0.1, 0.15) is 6.61 Å². The van der Waals surface area contributed by atoms with E-state index in [1.807, 2.05) is 36.4 Å². The number of nitrogens with zero attached hydrogens (tertiary/aromatic N) is 1. The maximum Gasteiger partial charge on any atom is 0.422 e. The van der Waals surface area contributed by atoms with Gasteiger partial charge in [0.2, 0.25) is 0 Å². The summed E-state index contributed by atoms with van der Waals surface area (Å²) in [5, 5.41) is 0. The lowest BCUT2D eigenvalue weighted by atomic mass is 10.1. The number of carbonyl (C=O) groups excluding carboxylic acids is 1. The van der Waals surface area contributed by atoms with Crippen LogP contribution in [-0.4, -0.2) is 27.3 Å². The molecular formula is C16H15NO3S. The fourth-order valence-electron chi connectivity index (χ4n) is 2.33. The SMILES string of the molecule is O=C1OC[C@H](Cc2ccccc2)N1S(=O)c1ccccc1. The molecule has 1 heterocycles. The summed E-state index contributed by atoms with van der Waals surface area (Å²) in [6.07, 6.45) is 0.114. The highest BCUT2D eigenvalue weighted by atomic mass is 32.2. The first-order valence-electron chi connectivity index (χ1n) is 6.72. The summed E-state index contributed by atoms with van der Waals surface area (Å²) in [5.74, 6) is 0. The Balaban J connectivity index is 1.81. The third-order valence-electron chi connectivity index (χ3n) is 3.35. The summed E-state index contributed by atoms with van der Waals surface area (Å²) in [5.41, 5.74) is 1.09. The molecule has 0 aliphatic carbocycles. The molecule has 5 heteroatoms. The fraction of sp³-hybridized carbons (Fsp3) is 0.188. The Morgan fingerprint density at radius 3 is 2.33 bits per heavy atom. The molecule has 0 N–H and O–H groups in total. The lowest BCUT2D eigenvalue weighted by Gasteiger charge is -2.20. The minimum atomic E-state index is -1.53. The second kappa shape index (κ2) is 6.10. The van der Waals surface area contributed by atoms with E-state index in [1.165, 1.54) is 4.31 Å². The first-order chi connectivity index (χ1) is 10.3. The lowest BCUT2D eigenvalue weighted by molar-refractivity contribution is 0.170. The largest absolute Gasteiger partial charge is 0.446 e. The van der Waals surface area contributed by atoms with E-state index in [0.717, 1.165) is 5.56 Å². The van der Waals surface area contributed by atoms with Crippen LogP contribution in [0.15, 0.2) is 65.6 Å². The van der Waals surface area contributed by atoms with Crippen molar-refractivity contribution < 1.29 is 13.7 Å². The predicted molar refractivity (Wildman–Crippen MR) is 80.0 cm³/mol. The van der Waals surface area contributed by atoms with Gasteiger partial charge in [0.25, 0.3) is 0 Å². The van der Waals surface area contributed by atoms with Gasteiger partial charge >= 0.3 is 6.09 Å². The molecule has 108 valence electrons. The molecule has 3 rings (SSSR count). The summed E-state index contributed by atoms with van der Waals surface area (Å²) >= 11 is 0. The van der Waals surface area contributed by atoms with Crippen molar-refractivity contribution in [3.8, 4) is 0 Å². The highest BCUT2D eigenvalue weighted by Gasteiger charge is 2.37. The Bertz CT molecular complexity index is 645. The molecule has 1 saturated heterocycles. The number of rotatable bonds is 4. The molecule has 21 heavy (non-hydrogen) atoms. The first-order valence-corrected chi connectivity index (χ1v) is 7.83. The molecule has 4 nitrogen and oxygen atoms in total. The predicted octanol–water partition coefficient (Wildman–Crippen LogP) is 2.77. The second-order valence-corrected chi connectivity index (χ2v) is 6.17. The van der Waals surface area contributed by atoms with E-state index in [9.17, 15) is 9.00 Å². The van der Waals surface area contributed by atoms with Gasteiger partial charge in [-0.2, -0.15) is 0 Å². The van der Waals surface area contributed by atoms with Gasteiger partial charge in [0.15, 0.2) is 11.0 Å². The minimum absolute atomic E-state index is 0.207. The van der Waals surface area contributed by atoms with E-state index in [1.54, 1.807) is 24.3 Å². The molecule has 1 fully saturated rings. The molecule has 1 aliphatic heterocycles. The van der Waals surface area contributed by atoms with E-state index < -0.39 is 17.1 Å². The van der Waals surface area contributed by atoms with Gasteiger partial charge in [-0.05, 0) is 24.1 Å². The molecule has 1 amide bonds. The number of benzene rings is 2. The normalized spacial score (nSPS) is 19.3. The van der Waals surface area contributed by atoms with Crippen molar-refractivity contribution in [2.45, 2.75) is 17.4 Å². The molecule has 2 aromatic carbocycles. The van der Waals surface area contributed by atoms with Crippen molar-refractivity contribution >= 4 is 17.1 Å². The molecule has 0 aromatic heterocycles. The Morgan fingerprint density at radius 2 is 1.67 bits per heavy atom. The average Bonchev–Trinajstić information content (AvgIpc) is 2.89. The van der Waals surface area contributed by atoms with Crippen molar-refractivity contribution in [2.24, 2.45) is 0 Å². The van der Waals surface area contributed by atoms with Gasteiger partial charge in [0.05, 0.1) is 10.9 Å². The van der Waals surface area contributed by atoms with Gasteiger partial charge in [-0.25, -0.2) is 13.3 Å². The zero-order valence-corrected chi connectivity index (χ0v) is 12.2. The van der Waals surface area contributed by atoms with Crippen molar-refractivity contribution in [3.05, 3.63) is 66.2 Å². The summed E-state index contributed by atoms with van der Waals surface area (Å²) in [6.45, 7) is 0.270. The Kier molecular flexibility index (Phi) is 4.01. The molecule has 0 spiro atoms. The van der Waals surface area contributed by atoms with Crippen LogP contribution in [-0.2, 0) is 22.1 Å². The minimum Gasteiger partial charge on any atom is -0.446 e. The van der Waals surface area contributed by atoms with Crippen molar-refractivity contribution in [3.63, 3.8) is 0 Å². The van der Waals surface area contributed by atoms with Crippen LogP contribution < -0.4 is 0 Å². The highest BCUT2D eigenvalue weighted by molar-refractivity contribution is 7.83. The zero-order chi connectivity index (χ0) is 14.7.